The summed E-state index contributed by atoms with van der Waals surface area (Å²) >= 11 is 5.83. The second-order valence-corrected chi connectivity index (χ2v) is 10.4. The Hall–Kier alpha value is -1.51. The lowest BCUT2D eigenvalue weighted by atomic mass is 10.2. The number of rotatable bonds is 9. The van der Waals surface area contributed by atoms with Gasteiger partial charge in [0.1, 0.15) is 11.6 Å². The van der Waals surface area contributed by atoms with Gasteiger partial charge in [0.05, 0.1) is 10.6 Å². The number of sulfonamides is 1. The van der Waals surface area contributed by atoms with E-state index in [2.05, 4.69) is 0 Å². The summed E-state index contributed by atoms with van der Waals surface area (Å²) in [5.74, 6) is -0.656. The fourth-order valence-corrected chi connectivity index (χ4v) is 5.37. The summed E-state index contributed by atoms with van der Waals surface area (Å²) < 4.78 is 67.2. The molecule has 2 aromatic rings. The van der Waals surface area contributed by atoms with Crippen LogP contribution in [0.2, 0.25) is 5.02 Å². The molecular weight excluding hydrogens is 428 g/mol. The molecule has 0 aliphatic carbocycles. The molecule has 0 aromatic heterocycles. The molecule has 0 spiro atoms. The zero-order chi connectivity index (χ0) is 20.9. The molecule has 0 bridgehead atoms. The quantitative estimate of drug-likeness (QED) is 0.555. The molecule has 0 radical (unpaired) electrons. The second kappa shape index (κ2) is 9.80. The third kappa shape index (κ3) is 5.52. The summed E-state index contributed by atoms with van der Waals surface area (Å²) in [4.78, 5) is -0.0791. The van der Waals surface area contributed by atoms with E-state index < -0.39 is 38.5 Å². The second-order valence-electron chi connectivity index (χ2n) is 6.27. The molecule has 2 rings (SSSR count). The Morgan fingerprint density at radius 3 is 2.39 bits per heavy atom. The van der Waals surface area contributed by atoms with Crippen LogP contribution in [0.5, 0.6) is 0 Å². The first-order chi connectivity index (χ1) is 13.2. The van der Waals surface area contributed by atoms with Crippen molar-refractivity contribution in [1.29, 1.82) is 0 Å². The van der Waals surface area contributed by atoms with Gasteiger partial charge in [-0.25, -0.2) is 17.2 Å². The van der Waals surface area contributed by atoms with E-state index in [1.807, 2.05) is 0 Å². The molecule has 2 atom stereocenters. The highest BCUT2D eigenvalue weighted by molar-refractivity contribution is 7.92. The van der Waals surface area contributed by atoms with Crippen molar-refractivity contribution in [2.24, 2.45) is 0 Å². The van der Waals surface area contributed by atoms with Crippen LogP contribution in [-0.4, -0.2) is 30.2 Å². The van der Waals surface area contributed by atoms with Crippen LogP contribution in [0.4, 0.5) is 14.5 Å². The lowest BCUT2D eigenvalue weighted by Gasteiger charge is -2.31. The minimum absolute atomic E-state index is 0.0791. The summed E-state index contributed by atoms with van der Waals surface area (Å²) in [5, 5.41) is 0.359. The highest BCUT2D eigenvalue weighted by Gasteiger charge is 2.31. The SMILES string of the molecule is CC[S@@](=O)CCCC(C)N(c1cc(F)ccc1F)S(=O)(=O)c1ccc(Cl)cc1. The molecule has 154 valence electrons. The number of nitrogens with zero attached hydrogens (tertiary/aromatic N) is 1. The first-order valence-electron chi connectivity index (χ1n) is 8.76. The van der Waals surface area contributed by atoms with Crippen molar-refractivity contribution in [2.75, 3.05) is 15.8 Å². The minimum atomic E-state index is -4.17. The normalized spacial score (nSPS) is 13.9. The van der Waals surface area contributed by atoms with Crippen molar-refractivity contribution in [3.05, 3.63) is 59.1 Å². The van der Waals surface area contributed by atoms with Crippen molar-refractivity contribution in [3.63, 3.8) is 0 Å². The fraction of sp³-hybridized carbons (Fsp3) is 0.368. The summed E-state index contributed by atoms with van der Waals surface area (Å²) in [6.07, 6.45) is 0.833. The number of anilines is 1. The van der Waals surface area contributed by atoms with E-state index in [9.17, 15) is 21.4 Å². The van der Waals surface area contributed by atoms with Crippen LogP contribution in [-0.2, 0) is 20.8 Å². The van der Waals surface area contributed by atoms with Crippen molar-refractivity contribution in [1.82, 2.24) is 0 Å². The molecule has 4 nitrogen and oxygen atoms in total. The van der Waals surface area contributed by atoms with Gasteiger partial charge in [0.15, 0.2) is 0 Å². The van der Waals surface area contributed by atoms with Crippen LogP contribution in [0.1, 0.15) is 26.7 Å². The predicted molar refractivity (Wildman–Crippen MR) is 110 cm³/mol. The van der Waals surface area contributed by atoms with Crippen molar-refractivity contribution in [3.8, 4) is 0 Å². The first-order valence-corrected chi connectivity index (χ1v) is 12.1. The Kier molecular flexibility index (Phi) is 7.97. The standard InChI is InChI=1S/C19H22ClF2NO3S2/c1-3-27(24)12-4-5-14(2)23(19-13-16(21)8-11-18(19)22)28(25,26)17-9-6-15(20)7-10-17/h6-11,13-14H,3-5,12H2,1-2H3/t14?,27-/m1/s1. The van der Waals surface area contributed by atoms with Gasteiger partial charge < -0.3 is 0 Å². The molecule has 0 fully saturated rings. The highest BCUT2D eigenvalue weighted by atomic mass is 35.5. The lowest BCUT2D eigenvalue weighted by Crippen LogP contribution is -2.39. The molecule has 0 saturated heterocycles. The molecule has 0 amide bonds. The zero-order valence-electron chi connectivity index (χ0n) is 15.6. The molecule has 1 unspecified atom stereocenters. The maximum atomic E-state index is 14.5. The van der Waals surface area contributed by atoms with Gasteiger partial charge in [0, 0.05) is 39.4 Å². The van der Waals surface area contributed by atoms with E-state index in [0.29, 0.717) is 29.4 Å². The van der Waals surface area contributed by atoms with E-state index >= 15 is 0 Å². The van der Waals surface area contributed by atoms with Gasteiger partial charge in [-0.15, -0.1) is 0 Å². The van der Waals surface area contributed by atoms with Crippen molar-refractivity contribution < 1.29 is 21.4 Å². The molecular formula is C19H22ClF2NO3S2. The van der Waals surface area contributed by atoms with Crippen LogP contribution < -0.4 is 4.31 Å². The van der Waals surface area contributed by atoms with Crippen LogP contribution in [0, 0.1) is 11.6 Å². The Labute approximate surface area is 172 Å². The molecule has 0 aliphatic rings. The summed E-state index contributed by atoms with van der Waals surface area (Å²) in [6, 6.07) is 7.50. The summed E-state index contributed by atoms with van der Waals surface area (Å²) in [5.41, 5.74) is -0.362. The fourth-order valence-electron chi connectivity index (χ4n) is 2.78. The van der Waals surface area contributed by atoms with Gasteiger partial charge in [-0.2, -0.15) is 0 Å². The molecule has 0 N–H and O–H groups in total. The molecule has 0 saturated carbocycles. The van der Waals surface area contributed by atoms with Crippen LogP contribution >= 0.6 is 11.6 Å². The van der Waals surface area contributed by atoms with Gasteiger partial charge in [-0.1, -0.05) is 18.5 Å². The van der Waals surface area contributed by atoms with Gasteiger partial charge in [0.2, 0.25) is 0 Å². The third-order valence-electron chi connectivity index (χ3n) is 4.23. The van der Waals surface area contributed by atoms with Crippen molar-refractivity contribution >= 4 is 38.1 Å². The smallest absolute Gasteiger partial charge is 0.260 e. The lowest BCUT2D eigenvalue weighted by molar-refractivity contribution is 0.556. The number of hydrogen-bond donors (Lipinski definition) is 0. The molecule has 0 heterocycles. The zero-order valence-corrected chi connectivity index (χ0v) is 18.0. The minimum Gasteiger partial charge on any atom is -0.260 e. The largest absolute Gasteiger partial charge is 0.264 e. The predicted octanol–water partition coefficient (Wildman–Crippen LogP) is 4.75. The average molecular weight is 450 g/mol. The highest BCUT2D eigenvalue weighted by Crippen LogP contribution is 2.31. The van der Waals surface area contributed by atoms with Gasteiger partial charge >= 0.3 is 0 Å². The molecule has 0 aliphatic heterocycles. The van der Waals surface area contributed by atoms with E-state index in [0.717, 1.165) is 22.5 Å². The third-order valence-corrected chi connectivity index (χ3v) is 7.81. The Balaban J connectivity index is 2.45. The molecule has 2 aromatic carbocycles. The Morgan fingerprint density at radius 2 is 1.79 bits per heavy atom. The monoisotopic (exact) mass is 449 g/mol. The molecule has 28 heavy (non-hydrogen) atoms. The van der Waals surface area contributed by atoms with Crippen molar-refractivity contribution in [2.45, 2.75) is 37.6 Å². The average Bonchev–Trinajstić information content (AvgIpc) is 2.64. The van der Waals surface area contributed by atoms with Gasteiger partial charge in [0.25, 0.3) is 10.0 Å². The van der Waals surface area contributed by atoms with E-state index in [-0.39, 0.29) is 10.6 Å². The van der Waals surface area contributed by atoms with Crippen LogP contribution in [0.15, 0.2) is 47.4 Å². The number of hydrogen-bond acceptors (Lipinski definition) is 3. The Bertz CT molecular complexity index is 937. The van der Waals surface area contributed by atoms with E-state index in [1.54, 1.807) is 13.8 Å². The van der Waals surface area contributed by atoms with Crippen LogP contribution in [0.3, 0.4) is 0 Å². The molecule has 9 heteroatoms. The van der Waals surface area contributed by atoms with Gasteiger partial charge in [-0.3, -0.25) is 8.51 Å². The van der Waals surface area contributed by atoms with Gasteiger partial charge in [-0.05, 0) is 56.2 Å². The topological polar surface area (TPSA) is 54.5 Å². The summed E-state index contributed by atoms with van der Waals surface area (Å²) in [6.45, 7) is 3.42. The van der Waals surface area contributed by atoms with Crippen LogP contribution in [0.25, 0.3) is 0 Å². The maximum absolute atomic E-state index is 14.5. The Morgan fingerprint density at radius 1 is 1.14 bits per heavy atom. The number of benzene rings is 2. The summed E-state index contributed by atoms with van der Waals surface area (Å²) in [7, 11) is -5.16. The first kappa shape index (κ1) is 22.8. The number of halogens is 3. The van der Waals surface area contributed by atoms with E-state index in [4.69, 9.17) is 11.6 Å². The van der Waals surface area contributed by atoms with E-state index in [1.165, 1.54) is 24.3 Å². The maximum Gasteiger partial charge on any atom is 0.264 e.